The van der Waals surface area contributed by atoms with E-state index in [1.807, 2.05) is 24.3 Å². The molecule has 0 radical (unpaired) electrons. The van der Waals surface area contributed by atoms with Gasteiger partial charge in [-0.1, -0.05) is 55.6 Å². The molecule has 21 heavy (non-hydrogen) atoms. The third-order valence-corrected chi connectivity index (χ3v) is 6.03. The molecule has 5 heteroatoms. The van der Waals surface area contributed by atoms with Gasteiger partial charge in [0.2, 0.25) is 0 Å². The van der Waals surface area contributed by atoms with E-state index in [2.05, 4.69) is 31.9 Å². The van der Waals surface area contributed by atoms with Crippen LogP contribution in [0.3, 0.4) is 0 Å². The van der Waals surface area contributed by atoms with Crippen molar-refractivity contribution in [1.82, 2.24) is 0 Å². The molecule has 0 aliphatic carbocycles. The fraction of sp³-hybridized carbons (Fsp3) is 0.188. The van der Waals surface area contributed by atoms with Crippen molar-refractivity contribution in [2.75, 3.05) is 7.11 Å². The highest BCUT2D eigenvalue weighted by Gasteiger charge is 2.26. The number of hydrogen-bond donors (Lipinski definition) is 0. The lowest BCUT2D eigenvalue weighted by Crippen LogP contribution is -2.19. The van der Waals surface area contributed by atoms with Crippen molar-refractivity contribution in [1.29, 1.82) is 0 Å². The fourth-order valence-corrected chi connectivity index (χ4v) is 3.10. The number of hydrogen-bond acceptors (Lipinski definition) is 2. The molecule has 2 rings (SSSR count). The first-order valence-corrected chi connectivity index (χ1v) is 8.45. The third-order valence-electron chi connectivity index (χ3n) is 3.07. The smallest absolute Gasteiger partial charge is 0.177 e. The average Bonchev–Trinajstić information content (AvgIpc) is 2.53. The van der Waals surface area contributed by atoms with Gasteiger partial charge in [-0.2, -0.15) is 0 Å². The summed E-state index contributed by atoms with van der Waals surface area (Å²) in [6.07, 6.45) is 0. The molecule has 0 saturated heterocycles. The van der Waals surface area contributed by atoms with Gasteiger partial charge in [-0.3, -0.25) is 4.79 Å². The number of ether oxygens (including phenoxy) is 1. The van der Waals surface area contributed by atoms with Gasteiger partial charge >= 0.3 is 0 Å². The first-order valence-electron chi connectivity index (χ1n) is 6.25. The van der Waals surface area contributed by atoms with Crippen molar-refractivity contribution >= 4 is 49.2 Å². The van der Waals surface area contributed by atoms with Crippen LogP contribution in [0.25, 0.3) is 0 Å². The lowest BCUT2D eigenvalue weighted by atomic mass is 10.0. The summed E-state index contributed by atoms with van der Waals surface area (Å²) < 4.78 is 5.13. The van der Waals surface area contributed by atoms with Crippen LogP contribution in [0.15, 0.2) is 48.5 Å². The lowest BCUT2D eigenvalue weighted by molar-refractivity contribution is 0.0991. The molecule has 2 aromatic rings. The van der Waals surface area contributed by atoms with Gasteiger partial charge in [-0.05, 0) is 42.0 Å². The lowest BCUT2D eigenvalue weighted by Gasteiger charge is -2.16. The molecule has 0 spiro atoms. The molecule has 0 aromatic heterocycles. The predicted molar refractivity (Wildman–Crippen MR) is 93.2 cm³/mol. The number of alkyl halides is 2. The van der Waals surface area contributed by atoms with Crippen LogP contribution in [0.4, 0.5) is 0 Å². The Hall–Kier alpha value is -0.840. The van der Waals surface area contributed by atoms with Gasteiger partial charge < -0.3 is 4.74 Å². The molecular formula is C16H13Br2ClO2. The molecule has 0 aliphatic heterocycles. The highest BCUT2D eigenvalue weighted by atomic mass is 79.9. The van der Waals surface area contributed by atoms with Crippen LogP contribution in [-0.4, -0.2) is 17.7 Å². The first-order chi connectivity index (χ1) is 10.0. The van der Waals surface area contributed by atoms with E-state index in [9.17, 15) is 4.79 Å². The average molecular weight is 433 g/mol. The molecular weight excluding hydrogens is 419 g/mol. The molecule has 0 amide bonds. The fourth-order valence-electron chi connectivity index (χ4n) is 1.86. The molecule has 0 N–H and O–H groups in total. The highest BCUT2D eigenvalue weighted by Crippen LogP contribution is 2.34. The minimum Gasteiger partial charge on any atom is -0.497 e. The molecule has 2 nitrogen and oxygen atoms in total. The van der Waals surface area contributed by atoms with Gasteiger partial charge in [0.15, 0.2) is 5.78 Å². The maximum absolute atomic E-state index is 12.4. The number of carbonyl (C=O) groups excluding carboxylic acids is 1. The minimum atomic E-state index is -0.368. The summed E-state index contributed by atoms with van der Waals surface area (Å²) in [6.45, 7) is 0. The zero-order valence-corrected chi connectivity index (χ0v) is 15.2. The Kier molecular flexibility index (Phi) is 5.85. The molecule has 0 aliphatic rings. The van der Waals surface area contributed by atoms with Crippen molar-refractivity contribution < 1.29 is 9.53 Å². The van der Waals surface area contributed by atoms with Crippen LogP contribution in [-0.2, 0) is 0 Å². The highest BCUT2D eigenvalue weighted by molar-refractivity contribution is 9.12. The van der Waals surface area contributed by atoms with E-state index < -0.39 is 0 Å². The van der Waals surface area contributed by atoms with Crippen LogP contribution < -0.4 is 4.74 Å². The number of halogens is 3. The second-order valence-corrected chi connectivity index (χ2v) is 6.86. The Morgan fingerprint density at radius 2 is 1.62 bits per heavy atom. The molecule has 2 aromatic carbocycles. The van der Waals surface area contributed by atoms with Crippen LogP contribution in [0.2, 0.25) is 5.02 Å². The Morgan fingerprint density at radius 1 is 1.05 bits per heavy atom. The Balaban J connectivity index is 2.15. The molecule has 110 valence electrons. The van der Waals surface area contributed by atoms with Gasteiger partial charge in [0.05, 0.1) is 16.8 Å². The number of methoxy groups -OCH3 is 1. The molecule has 0 saturated carbocycles. The Labute approximate surface area is 145 Å². The Morgan fingerprint density at radius 3 is 2.14 bits per heavy atom. The number of rotatable bonds is 5. The summed E-state index contributed by atoms with van der Waals surface area (Å²) in [4.78, 5) is 11.9. The second kappa shape index (κ2) is 7.43. The third kappa shape index (κ3) is 4.09. The van der Waals surface area contributed by atoms with E-state index in [1.54, 1.807) is 31.4 Å². The number of Topliss-reactive ketones (excluding diaryl/α,β-unsaturated/α-hetero) is 1. The van der Waals surface area contributed by atoms with Crippen molar-refractivity contribution in [2.24, 2.45) is 0 Å². The van der Waals surface area contributed by atoms with Gasteiger partial charge in [-0.25, -0.2) is 0 Å². The van der Waals surface area contributed by atoms with Crippen LogP contribution >= 0.6 is 43.5 Å². The van der Waals surface area contributed by atoms with Crippen LogP contribution in [0.1, 0.15) is 20.7 Å². The van der Waals surface area contributed by atoms with Crippen LogP contribution in [0.5, 0.6) is 5.75 Å². The number of benzene rings is 2. The van der Waals surface area contributed by atoms with Crippen molar-refractivity contribution in [3.05, 3.63) is 64.7 Å². The monoisotopic (exact) mass is 430 g/mol. The number of carbonyl (C=O) groups is 1. The van der Waals surface area contributed by atoms with Gasteiger partial charge in [0.25, 0.3) is 0 Å². The summed E-state index contributed by atoms with van der Waals surface area (Å²) in [5.74, 6) is 0.790. The van der Waals surface area contributed by atoms with Crippen LogP contribution in [0, 0.1) is 0 Å². The summed E-state index contributed by atoms with van der Waals surface area (Å²) in [5.41, 5.74) is 1.62. The first kappa shape index (κ1) is 16.5. The molecule has 0 heterocycles. The van der Waals surface area contributed by atoms with E-state index >= 15 is 0 Å². The van der Waals surface area contributed by atoms with E-state index in [0.29, 0.717) is 10.6 Å². The quantitative estimate of drug-likeness (QED) is 0.465. The van der Waals surface area contributed by atoms with E-state index in [1.165, 1.54) is 0 Å². The van der Waals surface area contributed by atoms with E-state index in [0.717, 1.165) is 11.3 Å². The van der Waals surface area contributed by atoms with Crippen molar-refractivity contribution in [3.63, 3.8) is 0 Å². The minimum absolute atomic E-state index is 0.00404. The molecule has 2 atom stereocenters. The zero-order chi connectivity index (χ0) is 15.4. The van der Waals surface area contributed by atoms with E-state index in [4.69, 9.17) is 16.3 Å². The van der Waals surface area contributed by atoms with E-state index in [-0.39, 0.29) is 15.4 Å². The standard InChI is InChI=1S/C16H13Br2ClO2/c1-21-13-8-4-10(5-9-13)14(17)15(18)16(20)11-2-6-12(19)7-3-11/h2-9,14-15H,1H3. The predicted octanol–water partition coefficient (Wildman–Crippen LogP) is 5.43. The second-order valence-electron chi connectivity index (χ2n) is 4.45. The van der Waals surface area contributed by atoms with Crippen molar-refractivity contribution in [2.45, 2.75) is 9.65 Å². The summed E-state index contributed by atoms with van der Waals surface area (Å²) in [7, 11) is 1.62. The summed E-state index contributed by atoms with van der Waals surface area (Å²) >= 11 is 12.9. The topological polar surface area (TPSA) is 26.3 Å². The molecule has 0 fully saturated rings. The maximum Gasteiger partial charge on any atom is 0.177 e. The van der Waals surface area contributed by atoms with Gasteiger partial charge in [0.1, 0.15) is 5.75 Å². The Bertz CT molecular complexity index is 611. The normalized spacial score (nSPS) is 13.5. The van der Waals surface area contributed by atoms with Crippen molar-refractivity contribution in [3.8, 4) is 5.75 Å². The molecule has 0 bridgehead atoms. The molecule has 2 unspecified atom stereocenters. The SMILES string of the molecule is COc1ccc(C(Br)C(Br)C(=O)c2ccc(Cl)cc2)cc1. The maximum atomic E-state index is 12.4. The summed E-state index contributed by atoms with van der Waals surface area (Å²) in [6, 6.07) is 14.5. The number of ketones is 1. The van der Waals surface area contributed by atoms with Gasteiger partial charge in [-0.15, -0.1) is 0 Å². The summed E-state index contributed by atoms with van der Waals surface area (Å²) in [5, 5.41) is 0.614. The largest absolute Gasteiger partial charge is 0.497 e. The van der Waals surface area contributed by atoms with Gasteiger partial charge in [0, 0.05) is 10.6 Å². The zero-order valence-electron chi connectivity index (χ0n) is 11.2.